The average Bonchev–Trinajstić information content (AvgIpc) is 3.22. The van der Waals surface area contributed by atoms with Crippen LogP contribution in [0.3, 0.4) is 0 Å². The highest BCUT2D eigenvalue weighted by Crippen LogP contribution is 2.30. The van der Waals surface area contributed by atoms with E-state index >= 15 is 0 Å². The van der Waals surface area contributed by atoms with Crippen LogP contribution in [0.1, 0.15) is 57.9 Å². The van der Waals surface area contributed by atoms with Crippen molar-refractivity contribution in [3.05, 3.63) is 34.6 Å². The van der Waals surface area contributed by atoms with Gasteiger partial charge in [0, 0.05) is 19.1 Å². The van der Waals surface area contributed by atoms with Crippen LogP contribution < -0.4 is 5.56 Å². The number of carbonyl (C=O) groups excluding carboxylic acids is 1. The average molecular weight is 440 g/mol. The molecule has 1 amide bonds. The second-order valence-electron chi connectivity index (χ2n) is 8.98. The van der Waals surface area contributed by atoms with E-state index in [0.29, 0.717) is 28.0 Å². The van der Waals surface area contributed by atoms with E-state index in [4.69, 9.17) is 0 Å². The zero-order chi connectivity index (χ0) is 21.4. The van der Waals surface area contributed by atoms with Crippen molar-refractivity contribution in [2.45, 2.75) is 63.1 Å². The Morgan fingerprint density at radius 2 is 1.90 bits per heavy atom. The molecule has 0 spiro atoms. The second-order valence-corrected chi connectivity index (χ2v) is 9.92. The fourth-order valence-corrected chi connectivity index (χ4v) is 5.94. The number of likely N-dealkylation sites (tertiary alicyclic amines) is 1. The van der Waals surface area contributed by atoms with Crippen molar-refractivity contribution in [2.75, 3.05) is 18.8 Å². The van der Waals surface area contributed by atoms with Gasteiger partial charge in [0.05, 0.1) is 16.7 Å². The summed E-state index contributed by atoms with van der Waals surface area (Å²) in [4.78, 5) is 28.1. The van der Waals surface area contributed by atoms with Gasteiger partial charge in [-0.2, -0.15) is 0 Å². The summed E-state index contributed by atoms with van der Waals surface area (Å²) >= 11 is 1.42. The number of para-hydroxylation sites is 1. The molecule has 31 heavy (non-hydrogen) atoms. The van der Waals surface area contributed by atoms with Crippen LogP contribution in [0.25, 0.3) is 16.7 Å². The first-order chi connectivity index (χ1) is 15.1. The molecule has 8 heteroatoms. The molecule has 0 bridgehead atoms. The molecule has 2 aliphatic rings. The summed E-state index contributed by atoms with van der Waals surface area (Å²) < 4.78 is 3.83. The lowest BCUT2D eigenvalue weighted by atomic mass is 9.95. The minimum Gasteiger partial charge on any atom is -0.342 e. The zero-order valence-corrected chi connectivity index (χ0v) is 18.8. The lowest BCUT2D eigenvalue weighted by molar-refractivity contribution is -0.130. The zero-order valence-electron chi connectivity index (χ0n) is 18.0. The van der Waals surface area contributed by atoms with E-state index in [0.717, 1.165) is 50.7 Å². The first kappa shape index (κ1) is 20.5. The molecular weight excluding hydrogens is 410 g/mol. The molecule has 1 atom stereocenters. The Morgan fingerprint density at radius 1 is 1.10 bits per heavy atom. The van der Waals surface area contributed by atoms with Crippen LogP contribution in [0.15, 0.2) is 34.2 Å². The van der Waals surface area contributed by atoms with E-state index in [9.17, 15) is 9.59 Å². The summed E-state index contributed by atoms with van der Waals surface area (Å²) in [7, 11) is 0. The summed E-state index contributed by atoms with van der Waals surface area (Å²) in [6, 6.07) is 7.81. The highest BCUT2D eigenvalue weighted by atomic mass is 32.2. The van der Waals surface area contributed by atoms with Crippen molar-refractivity contribution in [3.63, 3.8) is 0 Å². The smallest absolute Gasteiger partial charge is 0.263 e. The van der Waals surface area contributed by atoms with Gasteiger partial charge in [-0.25, -0.2) is 0 Å². The van der Waals surface area contributed by atoms with Crippen molar-refractivity contribution in [2.24, 2.45) is 5.92 Å². The van der Waals surface area contributed by atoms with E-state index in [-0.39, 0.29) is 17.5 Å². The van der Waals surface area contributed by atoms with Gasteiger partial charge in [-0.3, -0.25) is 18.6 Å². The Morgan fingerprint density at radius 3 is 2.71 bits per heavy atom. The molecule has 5 rings (SSSR count). The highest BCUT2D eigenvalue weighted by Gasteiger charge is 2.25. The maximum atomic E-state index is 13.4. The number of benzene rings is 1. The minimum atomic E-state index is 0.0114. The molecule has 2 fully saturated rings. The summed E-state index contributed by atoms with van der Waals surface area (Å²) in [6.45, 7) is 3.88. The van der Waals surface area contributed by atoms with E-state index in [1.54, 1.807) is 0 Å². The molecule has 0 radical (unpaired) electrons. The predicted molar refractivity (Wildman–Crippen MR) is 123 cm³/mol. The molecule has 164 valence electrons. The van der Waals surface area contributed by atoms with E-state index in [1.165, 1.54) is 24.6 Å². The van der Waals surface area contributed by atoms with Gasteiger partial charge in [0.15, 0.2) is 5.16 Å². The number of hydrogen-bond acceptors (Lipinski definition) is 5. The molecular formula is C23H29N5O2S. The second kappa shape index (κ2) is 8.65. The molecule has 1 aliphatic carbocycles. The lowest BCUT2D eigenvalue weighted by Gasteiger charge is -2.30. The minimum absolute atomic E-state index is 0.0114. The number of fused-ring (bicyclic) bond motifs is 3. The summed E-state index contributed by atoms with van der Waals surface area (Å²) in [5, 5.41) is 10.2. The molecule has 2 aromatic heterocycles. The van der Waals surface area contributed by atoms with E-state index in [1.807, 2.05) is 38.1 Å². The molecule has 1 aromatic carbocycles. The van der Waals surface area contributed by atoms with Gasteiger partial charge < -0.3 is 4.90 Å². The Kier molecular flexibility index (Phi) is 5.73. The topological polar surface area (TPSA) is 72.5 Å². The van der Waals surface area contributed by atoms with Crippen LogP contribution >= 0.6 is 11.8 Å². The fraction of sp³-hybridized carbons (Fsp3) is 0.565. The number of carbonyl (C=O) groups is 1. The fourth-order valence-electron chi connectivity index (χ4n) is 5.09. The Balaban J connectivity index is 1.52. The SMILES string of the molecule is CC1CCCN(C(=O)CSc2nnc3n(C4CCCCC4)c(=O)c4ccccc4n23)C1. The van der Waals surface area contributed by atoms with Crippen LogP contribution in [-0.2, 0) is 4.79 Å². The summed E-state index contributed by atoms with van der Waals surface area (Å²) in [5.74, 6) is 1.64. The van der Waals surface area contributed by atoms with Crippen LogP contribution in [0.5, 0.6) is 0 Å². The van der Waals surface area contributed by atoms with Crippen molar-refractivity contribution in [3.8, 4) is 0 Å². The third-order valence-corrected chi connectivity index (χ3v) is 7.61. The Bertz CT molecular complexity index is 1160. The van der Waals surface area contributed by atoms with Crippen molar-refractivity contribution in [1.82, 2.24) is 24.1 Å². The van der Waals surface area contributed by atoms with Crippen LogP contribution in [0, 0.1) is 5.92 Å². The first-order valence-electron chi connectivity index (χ1n) is 11.4. The third-order valence-electron chi connectivity index (χ3n) is 6.70. The maximum absolute atomic E-state index is 13.4. The number of nitrogens with zero attached hydrogens (tertiary/aromatic N) is 5. The maximum Gasteiger partial charge on any atom is 0.263 e. The van der Waals surface area contributed by atoms with Crippen molar-refractivity contribution < 1.29 is 4.79 Å². The normalized spacial score (nSPS) is 20.5. The molecule has 3 aromatic rings. The van der Waals surface area contributed by atoms with E-state index < -0.39 is 0 Å². The van der Waals surface area contributed by atoms with Crippen LogP contribution in [0.4, 0.5) is 0 Å². The predicted octanol–water partition coefficient (Wildman–Crippen LogP) is 3.90. The number of hydrogen-bond donors (Lipinski definition) is 0. The molecule has 1 saturated carbocycles. The number of aromatic nitrogens is 4. The monoisotopic (exact) mass is 439 g/mol. The van der Waals surface area contributed by atoms with Gasteiger partial charge in [0.1, 0.15) is 0 Å². The largest absolute Gasteiger partial charge is 0.342 e. The van der Waals surface area contributed by atoms with Gasteiger partial charge in [0.2, 0.25) is 11.7 Å². The molecule has 1 aliphatic heterocycles. The van der Waals surface area contributed by atoms with Gasteiger partial charge in [-0.05, 0) is 43.7 Å². The van der Waals surface area contributed by atoms with Crippen LogP contribution in [0.2, 0.25) is 0 Å². The number of rotatable bonds is 4. The Hall–Kier alpha value is -2.35. The number of thioether (sulfide) groups is 1. The molecule has 7 nitrogen and oxygen atoms in total. The Labute approximate surface area is 185 Å². The summed E-state index contributed by atoms with van der Waals surface area (Å²) in [5.41, 5.74) is 0.818. The van der Waals surface area contributed by atoms with Gasteiger partial charge in [0.25, 0.3) is 5.56 Å². The third kappa shape index (κ3) is 3.86. The molecule has 0 N–H and O–H groups in total. The first-order valence-corrected chi connectivity index (χ1v) is 12.4. The number of piperidine rings is 1. The van der Waals surface area contributed by atoms with E-state index in [2.05, 4.69) is 17.1 Å². The van der Waals surface area contributed by atoms with Crippen molar-refractivity contribution >= 4 is 34.3 Å². The van der Waals surface area contributed by atoms with Gasteiger partial charge in [-0.1, -0.05) is 50.1 Å². The van der Waals surface area contributed by atoms with Gasteiger partial charge in [-0.15, -0.1) is 10.2 Å². The lowest BCUT2D eigenvalue weighted by Crippen LogP contribution is -2.40. The van der Waals surface area contributed by atoms with Crippen molar-refractivity contribution in [1.29, 1.82) is 0 Å². The standard InChI is InChI=1S/C23H29N5O2S/c1-16-8-7-13-26(14-16)20(29)15-31-23-25-24-22-27(17-9-3-2-4-10-17)21(30)18-11-5-6-12-19(18)28(22)23/h5-6,11-12,16-17H,2-4,7-10,13-15H2,1H3. The number of amides is 1. The summed E-state index contributed by atoms with van der Waals surface area (Å²) in [6.07, 6.45) is 7.74. The quantitative estimate of drug-likeness (QED) is 0.577. The van der Waals surface area contributed by atoms with Crippen LogP contribution in [-0.4, -0.2) is 48.8 Å². The molecule has 3 heterocycles. The molecule has 1 unspecified atom stereocenters. The highest BCUT2D eigenvalue weighted by molar-refractivity contribution is 7.99. The molecule has 1 saturated heterocycles. The van der Waals surface area contributed by atoms with Gasteiger partial charge >= 0.3 is 0 Å².